The van der Waals surface area contributed by atoms with Gasteiger partial charge in [-0.05, 0) is 38.5 Å². The molecule has 0 aromatic heterocycles. The fourth-order valence-electron chi connectivity index (χ4n) is 1.33. The maximum atomic E-state index is 11.7. The molecular weight excluding hydrogens is 238 g/mol. The van der Waals surface area contributed by atoms with Crippen molar-refractivity contribution in [3.63, 3.8) is 0 Å². The molecule has 1 amide bonds. The first-order valence-electron chi connectivity index (χ1n) is 5.79. The maximum Gasteiger partial charge on any atom is 0.251 e. The van der Waals surface area contributed by atoms with E-state index < -0.39 is 0 Å². The molecule has 1 aromatic carbocycles. The van der Waals surface area contributed by atoms with Gasteiger partial charge in [-0.15, -0.1) is 0 Å². The van der Waals surface area contributed by atoms with Gasteiger partial charge in [-0.3, -0.25) is 4.79 Å². The molecule has 0 spiro atoms. The molecule has 1 N–H and O–H groups in total. The quantitative estimate of drug-likeness (QED) is 0.877. The van der Waals surface area contributed by atoms with E-state index >= 15 is 0 Å². The molecule has 0 unspecified atom stereocenters. The summed E-state index contributed by atoms with van der Waals surface area (Å²) in [7, 11) is 0. The van der Waals surface area contributed by atoms with Crippen LogP contribution in [0.4, 0.5) is 0 Å². The smallest absolute Gasteiger partial charge is 0.251 e. The lowest BCUT2D eigenvalue weighted by molar-refractivity contribution is 0.0953. The zero-order valence-corrected chi connectivity index (χ0v) is 11.2. The molecule has 0 aliphatic heterocycles. The van der Waals surface area contributed by atoms with Gasteiger partial charge < -0.3 is 10.1 Å². The molecule has 0 saturated carbocycles. The van der Waals surface area contributed by atoms with Crippen molar-refractivity contribution in [2.24, 2.45) is 0 Å². The molecule has 4 heteroatoms. The van der Waals surface area contributed by atoms with Crippen LogP contribution in [0, 0.1) is 0 Å². The lowest BCUT2D eigenvalue weighted by Crippen LogP contribution is -2.23. The van der Waals surface area contributed by atoms with Crippen LogP contribution < -0.4 is 10.1 Å². The number of rotatable bonds is 5. The zero-order chi connectivity index (χ0) is 12.8. The summed E-state index contributed by atoms with van der Waals surface area (Å²) in [4.78, 5) is 11.7. The standard InChI is InChI=1S/C13H18ClNO2/c1-4-7-15-13(16)10-5-6-12(11(14)8-10)17-9(2)3/h5-6,8-9H,4,7H2,1-3H3,(H,15,16). The van der Waals surface area contributed by atoms with Crippen molar-refractivity contribution in [3.8, 4) is 5.75 Å². The predicted octanol–water partition coefficient (Wildman–Crippen LogP) is 3.27. The highest BCUT2D eigenvalue weighted by molar-refractivity contribution is 6.32. The summed E-state index contributed by atoms with van der Waals surface area (Å²) in [5.74, 6) is 0.499. The number of carbonyl (C=O) groups is 1. The van der Waals surface area contributed by atoms with E-state index in [1.165, 1.54) is 0 Å². The van der Waals surface area contributed by atoms with Crippen LogP contribution >= 0.6 is 11.6 Å². The fourth-order valence-corrected chi connectivity index (χ4v) is 1.56. The number of halogens is 1. The Morgan fingerprint density at radius 2 is 2.18 bits per heavy atom. The van der Waals surface area contributed by atoms with Crippen molar-refractivity contribution in [1.82, 2.24) is 5.32 Å². The largest absolute Gasteiger partial charge is 0.489 e. The lowest BCUT2D eigenvalue weighted by Gasteiger charge is -2.12. The SMILES string of the molecule is CCCNC(=O)c1ccc(OC(C)C)c(Cl)c1. The van der Waals surface area contributed by atoms with Crippen LogP contribution in [0.25, 0.3) is 0 Å². The lowest BCUT2D eigenvalue weighted by atomic mass is 10.2. The highest BCUT2D eigenvalue weighted by atomic mass is 35.5. The number of amides is 1. The Hall–Kier alpha value is -1.22. The number of hydrogen-bond acceptors (Lipinski definition) is 2. The second kappa shape index (κ2) is 6.50. The third-order valence-corrected chi connectivity index (χ3v) is 2.39. The topological polar surface area (TPSA) is 38.3 Å². The van der Waals surface area contributed by atoms with Crippen LogP contribution in [-0.2, 0) is 0 Å². The van der Waals surface area contributed by atoms with Crippen LogP contribution in [0.5, 0.6) is 5.75 Å². The molecule has 1 rings (SSSR count). The first kappa shape index (κ1) is 13.8. The van der Waals surface area contributed by atoms with Crippen molar-refractivity contribution in [2.75, 3.05) is 6.54 Å². The molecule has 0 radical (unpaired) electrons. The van der Waals surface area contributed by atoms with E-state index in [1.54, 1.807) is 18.2 Å². The van der Waals surface area contributed by atoms with Gasteiger partial charge >= 0.3 is 0 Å². The van der Waals surface area contributed by atoms with Crippen molar-refractivity contribution < 1.29 is 9.53 Å². The Labute approximate surface area is 107 Å². The normalized spacial score (nSPS) is 10.4. The minimum Gasteiger partial charge on any atom is -0.489 e. The average molecular weight is 256 g/mol. The summed E-state index contributed by atoms with van der Waals surface area (Å²) in [6.45, 7) is 6.53. The van der Waals surface area contributed by atoms with E-state index in [1.807, 2.05) is 20.8 Å². The summed E-state index contributed by atoms with van der Waals surface area (Å²) in [5, 5.41) is 3.26. The fraction of sp³-hybridized carbons (Fsp3) is 0.462. The van der Waals surface area contributed by atoms with E-state index in [4.69, 9.17) is 16.3 Å². The highest BCUT2D eigenvalue weighted by Gasteiger charge is 2.09. The van der Waals surface area contributed by atoms with Crippen molar-refractivity contribution in [2.45, 2.75) is 33.3 Å². The van der Waals surface area contributed by atoms with Crippen molar-refractivity contribution >= 4 is 17.5 Å². The molecule has 1 aromatic rings. The molecule has 0 fully saturated rings. The highest BCUT2D eigenvalue weighted by Crippen LogP contribution is 2.26. The van der Waals surface area contributed by atoms with E-state index in [9.17, 15) is 4.79 Å². The van der Waals surface area contributed by atoms with E-state index in [0.717, 1.165) is 6.42 Å². The van der Waals surface area contributed by atoms with E-state index in [0.29, 0.717) is 22.9 Å². The van der Waals surface area contributed by atoms with Crippen LogP contribution in [0.3, 0.4) is 0 Å². The number of benzene rings is 1. The molecule has 0 aliphatic rings. The van der Waals surface area contributed by atoms with Gasteiger partial charge in [0.1, 0.15) is 5.75 Å². The first-order chi connectivity index (χ1) is 8.04. The summed E-state index contributed by atoms with van der Waals surface area (Å²) in [6.07, 6.45) is 0.973. The van der Waals surface area contributed by atoms with Gasteiger partial charge in [0.25, 0.3) is 5.91 Å². The van der Waals surface area contributed by atoms with Gasteiger partial charge in [-0.25, -0.2) is 0 Å². The molecule has 0 atom stereocenters. The number of carbonyl (C=O) groups excluding carboxylic acids is 1. The molecule has 0 saturated heterocycles. The molecule has 0 aliphatic carbocycles. The van der Waals surface area contributed by atoms with Crippen LogP contribution in [0.15, 0.2) is 18.2 Å². The van der Waals surface area contributed by atoms with Crippen molar-refractivity contribution in [1.29, 1.82) is 0 Å². The van der Waals surface area contributed by atoms with E-state index in [2.05, 4.69) is 5.32 Å². The third-order valence-electron chi connectivity index (χ3n) is 2.09. The van der Waals surface area contributed by atoms with E-state index in [-0.39, 0.29) is 12.0 Å². The Balaban J connectivity index is 2.77. The Morgan fingerprint density at radius 3 is 2.71 bits per heavy atom. The van der Waals surface area contributed by atoms with Crippen LogP contribution in [-0.4, -0.2) is 18.6 Å². The van der Waals surface area contributed by atoms with Crippen molar-refractivity contribution in [3.05, 3.63) is 28.8 Å². The number of nitrogens with one attached hydrogen (secondary N) is 1. The molecule has 3 nitrogen and oxygen atoms in total. The second-order valence-corrected chi connectivity index (χ2v) is 4.47. The second-order valence-electron chi connectivity index (χ2n) is 4.07. The average Bonchev–Trinajstić information content (AvgIpc) is 2.28. The molecular formula is C13H18ClNO2. The molecule has 17 heavy (non-hydrogen) atoms. The van der Waals surface area contributed by atoms with Gasteiger partial charge in [-0.2, -0.15) is 0 Å². The predicted molar refractivity (Wildman–Crippen MR) is 69.8 cm³/mol. The maximum absolute atomic E-state index is 11.7. The third kappa shape index (κ3) is 4.27. The van der Waals surface area contributed by atoms with Gasteiger partial charge in [0.2, 0.25) is 0 Å². The summed E-state index contributed by atoms with van der Waals surface area (Å²) in [6, 6.07) is 5.07. The minimum absolute atomic E-state index is 0.0623. The van der Waals surface area contributed by atoms with Crippen LogP contribution in [0.1, 0.15) is 37.6 Å². The van der Waals surface area contributed by atoms with Gasteiger partial charge in [0.15, 0.2) is 0 Å². The Morgan fingerprint density at radius 1 is 1.47 bits per heavy atom. The molecule has 94 valence electrons. The van der Waals surface area contributed by atoms with Crippen LogP contribution in [0.2, 0.25) is 5.02 Å². The summed E-state index contributed by atoms with van der Waals surface area (Å²) >= 11 is 6.05. The Kier molecular flexibility index (Phi) is 5.29. The minimum atomic E-state index is -0.107. The van der Waals surface area contributed by atoms with Gasteiger partial charge in [0, 0.05) is 12.1 Å². The monoisotopic (exact) mass is 255 g/mol. The number of ether oxygens (including phenoxy) is 1. The zero-order valence-electron chi connectivity index (χ0n) is 10.4. The number of hydrogen-bond donors (Lipinski definition) is 1. The van der Waals surface area contributed by atoms with Gasteiger partial charge in [-0.1, -0.05) is 18.5 Å². The van der Waals surface area contributed by atoms with Gasteiger partial charge in [0.05, 0.1) is 11.1 Å². The first-order valence-corrected chi connectivity index (χ1v) is 6.16. The summed E-state index contributed by atoms with van der Waals surface area (Å²) in [5.41, 5.74) is 0.555. The summed E-state index contributed by atoms with van der Waals surface area (Å²) < 4.78 is 5.50. The molecule has 0 bridgehead atoms. The Bertz CT molecular complexity index is 391. The molecule has 0 heterocycles.